The Bertz CT molecular complexity index is 433. The normalized spacial score (nSPS) is 40.5. The van der Waals surface area contributed by atoms with Crippen LogP contribution >= 0.6 is 0 Å². The average molecular weight is 333 g/mol. The van der Waals surface area contributed by atoms with Gasteiger partial charge < -0.3 is 4.74 Å². The molecule has 3 saturated carbocycles. The average Bonchev–Trinajstić information content (AvgIpc) is 3.28. The Morgan fingerprint density at radius 1 is 0.917 bits per heavy atom. The van der Waals surface area contributed by atoms with Crippen molar-refractivity contribution in [3.63, 3.8) is 0 Å². The van der Waals surface area contributed by atoms with E-state index in [-0.39, 0.29) is 0 Å². The fourth-order valence-electron chi connectivity index (χ4n) is 6.29. The molecule has 4 aliphatic rings. The van der Waals surface area contributed by atoms with Gasteiger partial charge in [-0.25, -0.2) is 0 Å². The highest BCUT2D eigenvalue weighted by molar-refractivity contribution is 4.98. The Morgan fingerprint density at radius 2 is 1.58 bits per heavy atom. The number of hydrogen-bond acceptors (Lipinski definition) is 1. The molecule has 0 amide bonds. The van der Waals surface area contributed by atoms with Crippen molar-refractivity contribution in [2.45, 2.75) is 111 Å². The zero-order valence-corrected chi connectivity index (χ0v) is 16.7. The van der Waals surface area contributed by atoms with Crippen LogP contribution in [-0.4, -0.2) is 12.2 Å². The summed E-state index contributed by atoms with van der Waals surface area (Å²) < 4.78 is 6.40. The van der Waals surface area contributed by atoms with Crippen molar-refractivity contribution in [1.82, 2.24) is 0 Å². The SMILES string of the molecule is CC(CC1OC2CCC(C(C)(C)C)CCC21)C1CCC2(CC1)CC2. The third-order valence-corrected chi connectivity index (χ3v) is 8.63. The molecule has 0 aromatic rings. The van der Waals surface area contributed by atoms with Gasteiger partial charge in [-0.3, -0.25) is 0 Å². The minimum Gasteiger partial charge on any atom is -0.374 e. The Kier molecular flexibility index (Phi) is 4.55. The molecule has 0 aromatic heterocycles. The second kappa shape index (κ2) is 6.29. The fourth-order valence-corrected chi connectivity index (χ4v) is 6.29. The largest absolute Gasteiger partial charge is 0.374 e. The molecule has 1 heteroatoms. The summed E-state index contributed by atoms with van der Waals surface area (Å²) >= 11 is 0. The van der Waals surface area contributed by atoms with E-state index in [0.717, 1.165) is 29.1 Å². The Balaban J connectivity index is 1.26. The van der Waals surface area contributed by atoms with E-state index in [1.54, 1.807) is 12.8 Å². The van der Waals surface area contributed by atoms with E-state index in [4.69, 9.17) is 4.74 Å². The lowest BCUT2D eigenvalue weighted by Crippen LogP contribution is -2.49. The van der Waals surface area contributed by atoms with E-state index < -0.39 is 0 Å². The lowest BCUT2D eigenvalue weighted by Gasteiger charge is -2.46. The van der Waals surface area contributed by atoms with Crippen LogP contribution in [0.2, 0.25) is 0 Å². The van der Waals surface area contributed by atoms with Gasteiger partial charge in [0.2, 0.25) is 0 Å². The summed E-state index contributed by atoms with van der Waals surface area (Å²) in [6.07, 6.45) is 17.3. The highest BCUT2D eigenvalue weighted by Crippen LogP contribution is 2.58. The van der Waals surface area contributed by atoms with Crippen LogP contribution in [0.5, 0.6) is 0 Å². The van der Waals surface area contributed by atoms with Crippen molar-refractivity contribution in [1.29, 1.82) is 0 Å². The van der Waals surface area contributed by atoms with Crippen molar-refractivity contribution in [2.75, 3.05) is 0 Å². The van der Waals surface area contributed by atoms with E-state index in [1.807, 2.05) is 0 Å². The van der Waals surface area contributed by atoms with Crippen LogP contribution in [0.1, 0.15) is 98.3 Å². The molecule has 24 heavy (non-hydrogen) atoms. The molecule has 1 spiro atoms. The van der Waals surface area contributed by atoms with Crippen molar-refractivity contribution in [3.8, 4) is 0 Å². The lowest BCUT2D eigenvalue weighted by molar-refractivity contribution is -0.194. The smallest absolute Gasteiger partial charge is 0.0634 e. The van der Waals surface area contributed by atoms with Gasteiger partial charge in [0, 0.05) is 5.92 Å². The minimum absolute atomic E-state index is 0.480. The standard InChI is InChI=1S/C23H40O/c1-16(17-9-11-23(12-10-17)13-14-23)15-21-19-7-5-18(22(2,3)4)6-8-20(19)24-21/h16-21H,5-15H2,1-4H3. The minimum atomic E-state index is 0.480. The van der Waals surface area contributed by atoms with Gasteiger partial charge in [-0.05, 0) is 99.2 Å². The van der Waals surface area contributed by atoms with Gasteiger partial charge >= 0.3 is 0 Å². The zero-order chi connectivity index (χ0) is 16.9. The van der Waals surface area contributed by atoms with Gasteiger partial charge in [0.05, 0.1) is 12.2 Å². The molecule has 1 saturated heterocycles. The summed E-state index contributed by atoms with van der Waals surface area (Å²) in [5.74, 6) is 3.66. The monoisotopic (exact) mass is 332 g/mol. The van der Waals surface area contributed by atoms with Crippen molar-refractivity contribution < 1.29 is 4.74 Å². The molecule has 1 aliphatic heterocycles. The van der Waals surface area contributed by atoms with E-state index in [0.29, 0.717) is 17.6 Å². The fraction of sp³-hybridized carbons (Fsp3) is 1.00. The first kappa shape index (κ1) is 17.4. The van der Waals surface area contributed by atoms with E-state index in [2.05, 4.69) is 27.7 Å². The van der Waals surface area contributed by atoms with Crippen molar-refractivity contribution in [3.05, 3.63) is 0 Å². The topological polar surface area (TPSA) is 9.23 Å². The van der Waals surface area contributed by atoms with Crippen LogP contribution in [0.15, 0.2) is 0 Å². The Hall–Kier alpha value is -0.0400. The summed E-state index contributed by atoms with van der Waals surface area (Å²) in [6, 6.07) is 0. The zero-order valence-electron chi connectivity index (χ0n) is 16.7. The summed E-state index contributed by atoms with van der Waals surface area (Å²) in [5.41, 5.74) is 1.32. The molecular weight excluding hydrogens is 292 g/mol. The molecule has 1 nitrogen and oxygen atoms in total. The predicted octanol–water partition coefficient (Wildman–Crippen LogP) is 6.60. The third-order valence-electron chi connectivity index (χ3n) is 8.63. The summed E-state index contributed by atoms with van der Waals surface area (Å²) in [4.78, 5) is 0. The summed E-state index contributed by atoms with van der Waals surface area (Å²) in [6.45, 7) is 9.82. The molecule has 5 unspecified atom stereocenters. The Morgan fingerprint density at radius 3 is 2.21 bits per heavy atom. The van der Waals surface area contributed by atoms with Gasteiger partial charge in [-0.1, -0.05) is 27.7 Å². The molecular formula is C23H40O. The molecule has 4 fully saturated rings. The maximum absolute atomic E-state index is 6.40. The maximum atomic E-state index is 6.40. The van der Waals surface area contributed by atoms with Crippen LogP contribution in [0, 0.1) is 34.5 Å². The quantitative estimate of drug-likeness (QED) is 0.565. The predicted molar refractivity (Wildman–Crippen MR) is 101 cm³/mol. The molecule has 1 heterocycles. The second-order valence-electron chi connectivity index (χ2n) is 11.1. The molecule has 4 rings (SSSR count). The van der Waals surface area contributed by atoms with E-state index >= 15 is 0 Å². The van der Waals surface area contributed by atoms with Crippen molar-refractivity contribution in [2.24, 2.45) is 34.5 Å². The van der Waals surface area contributed by atoms with Crippen LogP contribution in [0.3, 0.4) is 0 Å². The highest BCUT2D eigenvalue weighted by Gasteiger charge is 2.48. The first-order valence-corrected chi connectivity index (χ1v) is 11.0. The maximum Gasteiger partial charge on any atom is 0.0634 e. The summed E-state index contributed by atoms with van der Waals surface area (Å²) in [7, 11) is 0. The molecule has 0 N–H and O–H groups in total. The number of fused-ring (bicyclic) bond motifs is 1. The molecule has 0 bridgehead atoms. The van der Waals surface area contributed by atoms with Gasteiger partial charge in [0.1, 0.15) is 0 Å². The lowest BCUT2D eigenvalue weighted by atomic mass is 9.71. The van der Waals surface area contributed by atoms with E-state index in [1.165, 1.54) is 57.8 Å². The van der Waals surface area contributed by atoms with Crippen LogP contribution < -0.4 is 0 Å². The molecule has 3 aliphatic carbocycles. The number of ether oxygens (including phenoxy) is 1. The molecule has 138 valence electrons. The number of rotatable bonds is 3. The molecule has 0 aromatic carbocycles. The Labute approximate surface area is 150 Å². The van der Waals surface area contributed by atoms with Gasteiger partial charge in [0.15, 0.2) is 0 Å². The first-order valence-electron chi connectivity index (χ1n) is 11.0. The van der Waals surface area contributed by atoms with E-state index in [9.17, 15) is 0 Å². The van der Waals surface area contributed by atoms with Gasteiger partial charge in [-0.15, -0.1) is 0 Å². The summed E-state index contributed by atoms with van der Waals surface area (Å²) in [5, 5.41) is 0. The first-order chi connectivity index (χ1) is 11.4. The highest BCUT2D eigenvalue weighted by atomic mass is 16.5. The third kappa shape index (κ3) is 3.44. The molecule has 5 atom stereocenters. The van der Waals surface area contributed by atoms with Crippen LogP contribution in [0.25, 0.3) is 0 Å². The van der Waals surface area contributed by atoms with Crippen molar-refractivity contribution >= 4 is 0 Å². The van der Waals surface area contributed by atoms with Crippen LogP contribution in [-0.2, 0) is 4.74 Å². The molecule has 0 radical (unpaired) electrons. The van der Waals surface area contributed by atoms with Crippen LogP contribution in [0.4, 0.5) is 0 Å². The second-order valence-corrected chi connectivity index (χ2v) is 11.1. The van der Waals surface area contributed by atoms with Gasteiger partial charge in [-0.2, -0.15) is 0 Å². The number of hydrogen-bond donors (Lipinski definition) is 0. The van der Waals surface area contributed by atoms with Gasteiger partial charge in [0.25, 0.3) is 0 Å².